The highest BCUT2D eigenvalue weighted by molar-refractivity contribution is 8.00. The van der Waals surface area contributed by atoms with E-state index in [1.807, 2.05) is 24.3 Å². The van der Waals surface area contributed by atoms with Crippen molar-refractivity contribution in [3.63, 3.8) is 0 Å². The van der Waals surface area contributed by atoms with Crippen LogP contribution in [-0.4, -0.2) is 37.0 Å². The lowest BCUT2D eigenvalue weighted by Crippen LogP contribution is -2.39. The van der Waals surface area contributed by atoms with Crippen LogP contribution in [0, 0.1) is 5.41 Å². The van der Waals surface area contributed by atoms with Gasteiger partial charge in [0.1, 0.15) is 5.75 Å². The van der Waals surface area contributed by atoms with Crippen LogP contribution in [0.5, 0.6) is 5.75 Å². The number of methoxy groups -OCH3 is 1. The lowest BCUT2D eigenvalue weighted by molar-refractivity contribution is -0.119. The highest BCUT2D eigenvalue weighted by atomic mass is 32.2. The molecule has 1 aromatic rings. The molecule has 0 radical (unpaired) electrons. The van der Waals surface area contributed by atoms with Gasteiger partial charge in [0, 0.05) is 16.9 Å². The number of hydrogen-bond acceptors (Lipinski definition) is 4. The van der Waals surface area contributed by atoms with E-state index in [2.05, 4.69) is 5.32 Å². The van der Waals surface area contributed by atoms with Gasteiger partial charge in [-0.2, -0.15) is 0 Å². The van der Waals surface area contributed by atoms with Crippen LogP contribution >= 0.6 is 11.8 Å². The van der Waals surface area contributed by atoms with Crippen molar-refractivity contribution in [2.75, 3.05) is 26.0 Å². The van der Waals surface area contributed by atoms with Crippen LogP contribution in [-0.2, 0) is 4.79 Å². The fraction of sp³-hybridized carbons (Fsp3) is 0.562. The average Bonchev–Trinajstić information content (AvgIpc) is 3.01. The van der Waals surface area contributed by atoms with Crippen molar-refractivity contribution < 1.29 is 14.6 Å². The van der Waals surface area contributed by atoms with Gasteiger partial charge in [0.05, 0.1) is 19.5 Å². The van der Waals surface area contributed by atoms with Crippen LogP contribution in [0.15, 0.2) is 29.2 Å². The van der Waals surface area contributed by atoms with Gasteiger partial charge in [-0.15, -0.1) is 11.8 Å². The van der Waals surface area contributed by atoms with Crippen molar-refractivity contribution in [1.29, 1.82) is 0 Å². The van der Waals surface area contributed by atoms with Gasteiger partial charge in [-0.25, -0.2) is 0 Å². The summed E-state index contributed by atoms with van der Waals surface area (Å²) in [5.74, 6) is 1.24. The van der Waals surface area contributed by atoms with E-state index in [1.165, 1.54) is 11.8 Å². The number of ether oxygens (including phenoxy) is 1. The second-order valence-electron chi connectivity index (χ2n) is 5.61. The third kappa shape index (κ3) is 4.64. The normalized spacial score (nSPS) is 16.7. The number of carbonyl (C=O) groups excluding carboxylic acids is 1. The van der Waals surface area contributed by atoms with Gasteiger partial charge in [0.15, 0.2) is 0 Å². The number of benzene rings is 1. The molecular weight excluding hydrogens is 286 g/mol. The lowest BCUT2D eigenvalue weighted by Gasteiger charge is -2.26. The molecule has 0 aromatic heterocycles. The van der Waals surface area contributed by atoms with Crippen molar-refractivity contribution in [2.24, 2.45) is 5.41 Å². The SMILES string of the molecule is COc1ccc(SCC(=O)NCC2(CO)CCCC2)cc1. The first-order valence-electron chi connectivity index (χ1n) is 7.32. The lowest BCUT2D eigenvalue weighted by atomic mass is 9.87. The smallest absolute Gasteiger partial charge is 0.230 e. The van der Waals surface area contributed by atoms with E-state index in [4.69, 9.17) is 4.74 Å². The summed E-state index contributed by atoms with van der Waals surface area (Å²) in [5, 5.41) is 12.5. The van der Waals surface area contributed by atoms with Crippen LogP contribution in [0.25, 0.3) is 0 Å². The minimum absolute atomic E-state index is 0.0237. The van der Waals surface area contributed by atoms with Gasteiger partial charge in [-0.1, -0.05) is 12.8 Å². The van der Waals surface area contributed by atoms with Gasteiger partial charge in [-0.05, 0) is 37.1 Å². The van der Waals surface area contributed by atoms with Crippen molar-refractivity contribution in [3.8, 4) is 5.75 Å². The Bertz CT molecular complexity index is 455. The summed E-state index contributed by atoms with van der Waals surface area (Å²) in [7, 11) is 1.63. The molecule has 1 saturated carbocycles. The van der Waals surface area contributed by atoms with Gasteiger partial charge in [0.2, 0.25) is 5.91 Å². The van der Waals surface area contributed by atoms with Gasteiger partial charge in [-0.3, -0.25) is 4.79 Å². The molecular formula is C16H23NO3S. The van der Waals surface area contributed by atoms with E-state index in [-0.39, 0.29) is 17.9 Å². The van der Waals surface area contributed by atoms with Crippen LogP contribution in [0.2, 0.25) is 0 Å². The molecule has 116 valence electrons. The monoisotopic (exact) mass is 309 g/mol. The summed E-state index contributed by atoms with van der Waals surface area (Å²) in [6.45, 7) is 0.754. The molecule has 1 aliphatic carbocycles. The molecule has 2 N–H and O–H groups in total. The zero-order valence-electron chi connectivity index (χ0n) is 12.4. The van der Waals surface area contributed by atoms with Gasteiger partial charge < -0.3 is 15.2 Å². The molecule has 1 aromatic carbocycles. The molecule has 1 aliphatic rings. The van der Waals surface area contributed by atoms with Crippen LogP contribution in [0.1, 0.15) is 25.7 Å². The van der Waals surface area contributed by atoms with E-state index >= 15 is 0 Å². The number of hydrogen-bond donors (Lipinski definition) is 2. The fourth-order valence-corrected chi connectivity index (χ4v) is 3.40. The van der Waals surface area contributed by atoms with E-state index in [1.54, 1.807) is 7.11 Å². The first-order valence-corrected chi connectivity index (χ1v) is 8.30. The second kappa shape index (κ2) is 7.71. The molecule has 0 spiro atoms. The summed E-state index contributed by atoms with van der Waals surface area (Å²) in [5.41, 5.74) is -0.0829. The Morgan fingerprint density at radius 2 is 2.00 bits per heavy atom. The predicted octanol–water partition coefficient (Wildman–Crippen LogP) is 2.46. The molecule has 5 heteroatoms. The molecule has 4 nitrogen and oxygen atoms in total. The molecule has 21 heavy (non-hydrogen) atoms. The standard InChI is InChI=1S/C16H23NO3S/c1-20-13-4-6-14(7-5-13)21-10-15(19)17-11-16(12-18)8-2-3-9-16/h4-7,18H,2-3,8-12H2,1H3,(H,17,19). The molecule has 0 atom stereocenters. The maximum absolute atomic E-state index is 11.9. The van der Waals surface area contributed by atoms with Crippen molar-refractivity contribution in [2.45, 2.75) is 30.6 Å². The van der Waals surface area contributed by atoms with Crippen molar-refractivity contribution in [1.82, 2.24) is 5.32 Å². The first kappa shape index (κ1) is 16.2. The molecule has 0 saturated heterocycles. The minimum Gasteiger partial charge on any atom is -0.497 e. The predicted molar refractivity (Wildman–Crippen MR) is 84.7 cm³/mol. The van der Waals surface area contributed by atoms with E-state index in [9.17, 15) is 9.90 Å². The molecule has 0 aliphatic heterocycles. The average molecular weight is 309 g/mol. The summed E-state index contributed by atoms with van der Waals surface area (Å²) in [4.78, 5) is 13.0. The van der Waals surface area contributed by atoms with Crippen LogP contribution in [0.3, 0.4) is 0 Å². The quantitative estimate of drug-likeness (QED) is 0.760. The molecule has 0 unspecified atom stereocenters. The topological polar surface area (TPSA) is 58.6 Å². The minimum atomic E-state index is -0.0829. The third-order valence-electron chi connectivity index (χ3n) is 4.09. The molecule has 1 amide bonds. The number of rotatable bonds is 7. The van der Waals surface area contributed by atoms with Crippen molar-refractivity contribution in [3.05, 3.63) is 24.3 Å². The Balaban J connectivity index is 1.74. The summed E-state index contributed by atoms with van der Waals surface area (Å²) in [6.07, 6.45) is 4.32. The molecule has 2 rings (SSSR count). The Labute approximate surface area is 130 Å². The summed E-state index contributed by atoms with van der Waals surface area (Å²) < 4.78 is 5.10. The van der Waals surface area contributed by atoms with Crippen molar-refractivity contribution >= 4 is 17.7 Å². The molecule has 0 bridgehead atoms. The first-order chi connectivity index (χ1) is 10.2. The Kier molecular flexibility index (Phi) is 5.94. The van der Waals surface area contributed by atoms with Crippen LogP contribution in [0.4, 0.5) is 0 Å². The highest BCUT2D eigenvalue weighted by Crippen LogP contribution is 2.36. The number of carbonyl (C=O) groups is 1. The largest absolute Gasteiger partial charge is 0.497 e. The summed E-state index contributed by atoms with van der Waals surface area (Å²) >= 11 is 1.51. The number of aliphatic hydroxyl groups excluding tert-OH is 1. The van der Waals surface area contributed by atoms with E-state index in [0.29, 0.717) is 12.3 Å². The van der Waals surface area contributed by atoms with Gasteiger partial charge in [0.25, 0.3) is 0 Å². The molecule has 1 fully saturated rings. The Morgan fingerprint density at radius 1 is 1.33 bits per heavy atom. The highest BCUT2D eigenvalue weighted by Gasteiger charge is 2.33. The van der Waals surface area contributed by atoms with E-state index < -0.39 is 0 Å². The number of nitrogens with one attached hydrogen (secondary N) is 1. The van der Waals surface area contributed by atoms with Crippen LogP contribution < -0.4 is 10.1 Å². The second-order valence-corrected chi connectivity index (χ2v) is 6.65. The van der Waals surface area contributed by atoms with Gasteiger partial charge >= 0.3 is 0 Å². The Morgan fingerprint density at radius 3 is 2.57 bits per heavy atom. The maximum Gasteiger partial charge on any atom is 0.230 e. The third-order valence-corrected chi connectivity index (χ3v) is 5.10. The maximum atomic E-state index is 11.9. The zero-order valence-corrected chi connectivity index (χ0v) is 13.2. The number of aliphatic hydroxyl groups is 1. The summed E-state index contributed by atoms with van der Waals surface area (Å²) in [6, 6.07) is 7.67. The van der Waals surface area contributed by atoms with E-state index in [0.717, 1.165) is 36.3 Å². The number of thioether (sulfide) groups is 1. The number of amides is 1. The zero-order chi connectivity index (χ0) is 15.1. The fourth-order valence-electron chi connectivity index (χ4n) is 2.67. The molecule has 0 heterocycles. The Hall–Kier alpha value is -1.20.